The third kappa shape index (κ3) is 4.49. The predicted octanol–water partition coefficient (Wildman–Crippen LogP) is 5.29. The molecule has 0 atom stereocenters. The lowest BCUT2D eigenvalue weighted by Crippen LogP contribution is -2.25. The molecule has 3 aromatic carbocycles. The normalized spacial score (nSPS) is 13.0. The summed E-state index contributed by atoms with van der Waals surface area (Å²) in [6.45, 7) is 5.97. The van der Waals surface area contributed by atoms with Gasteiger partial charge in [-0.15, -0.1) is 0 Å². The summed E-state index contributed by atoms with van der Waals surface area (Å²) in [6.07, 6.45) is 9.27. The van der Waals surface area contributed by atoms with Crippen molar-refractivity contribution in [2.45, 2.75) is 13.3 Å². The molecule has 0 amide bonds. The van der Waals surface area contributed by atoms with Crippen LogP contribution in [0.5, 0.6) is 0 Å². The van der Waals surface area contributed by atoms with E-state index in [0.717, 1.165) is 6.42 Å². The van der Waals surface area contributed by atoms with E-state index in [0.29, 0.717) is 0 Å². The lowest BCUT2D eigenvalue weighted by atomic mass is 10.0. The molecule has 0 aliphatic heterocycles. The molecule has 0 aliphatic rings. The molecule has 0 bridgehead atoms. The SMILES string of the molecule is C=C/C=c1/cccc/c1=C(C)\C=C/Cc1cccc(-c2ccccc2)c1. The first-order valence-corrected chi connectivity index (χ1v) is 8.97. The number of hydrogen-bond acceptors (Lipinski definition) is 0. The molecule has 0 heterocycles. The Hall–Kier alpha value is -3.12. The average molecular weight is 336 g/mol. The van der Waals surface area contributed by atoms with Crippen molar-refractivity contribution in [3.63, 3.8) is 0 Å². The van der Waals surface area contributed by atoms with Crippen molar-refractivity contribution < 1.29 is 0 Å². The number of hydrogen-bond donors (Lipinski definition) is 0. The second kappa shape index (κ2) is 8.82. The van der Waals surface area contributed by atoms with Crippen molar-refractivity contribution >= 4 is 11.6 Å². The summed E-state index contributed by atoms with van der Waals surface area (Å²) >= 11 is 0. The zero-order chi connectivity index (χ0) is 18.2. The van der Waals surface area contributed by atoms with E-state index < -0.39 is 0 Å². The molecule has 0 heteroatoms. The Bertz CT molecular complexity index is 1020. The monoisotopic (exact) mass is 336 g/mol. The minimum Gasteiger partial charge on any atom is -0.0990 e. The van der Waals surface area contributed by atoms with E-state index in [-0.39, 0.29) is 0 Å². The molecule has 0 unspecified atom stereocenters. The van der Waals surface area contributed by atoms with E-state index in [1.54, 1.807) is 0 Å². The van der Waals surface area contributed by atoms with Crippen LogP contribution in [-0.2, 0) is 6.42 Å². The Morgan fingerprint density at radius 3 is 2.38 bits per heavy atom. The molecule has 0 N–H and O–H groups in total. The summed E-state index contributed by atoms with van der Waals surface area (Å²) in [6, 6.07) is 27.7. The molecule has 0 saturated carbocycles. The first-order chi connectivity index (χ1) is 12.8. The fourth-order valence-corrected chi connectivity index (χ4v) is 3.10. The van der Waals surface area contributed by atoms with Crippen LogP contribution in [0, 0.1) is 0 Å². The Kier molecular flexibility index (Phi) is 6.01. The molecule has 0 aromatic heterocycles. The van der Waals surface area contributed by atoms with Gasteiger partial charge in [0, 0.05) is 0 Å². The second-order valence-corrected chi connectivity index (χ2v) is 6.35. The molecule has 0 radical (unpaired) electrons. The largest absolute Gasteiger partial charge is 0.0990 e. The molecule has 3 aromatic rings. The molecule has 0 nitrogen and oxygen atoms in total. The van der Waals surface area contributed by atoms with Crippen molar-refractivity contribution in [1.29, 1.82) is 0 Å². The van der Waals surface area contributed by atoms with Crippen molar-refractivity contribution in [3.05, 3.63) is 120 Å². The lowest BCUT2D eigenvalue weighted by molar-refractivity contribution is 1.27. The number of rotatable bonds is 5. The van der Waals surface area contributed by atoms with Gasteiger partial charge in [0.2, 0.25) is 0 Å². The van der Waals surface area contributed by atoms with E-state index in [1.807, 2.05) is 6.08 Å². The Morgan fingerprint density at radius 2 is 1.58 bits per heavy atom. The maximum absolute atomic E-state index is 3.81. The van der Waals surface area contributed by atoms with Crippen LogP contribution in [-0.4, -0.2) is 0 Å². The van der Waals surface area contributed by atoms with Crippen LogP contribution in [0.15, 0.2) is 104 Å². The van der Waals surface area contributed by atoms with Gasteiger partial charge in [0.25, 0.3) is 0 Å². The van der Waals surface area contributed by atoms with Gasteiger partial charge in [0.15, 0.2) is 0 Å². The maximum Gasteiger partial charge on any atom is -0.00940 e. The fraction of sp³-hybridized carbons (Fsp3) is 0.0769. The highest BCUT2D eigenvalue weighted by Gasteiger charge is 1.98. The molecule has 0 saturated heterocycles. The summed E-state index contributed by atoms with van der Waals surface area (Å²) in [4.78, 5) is 0. The highest BCUT2D eigenvalue weighted by atomic mass is 14.0. The molecule has 3 rings (SSSR count). The van der Waals surface area contributed by atoms with Crippen LogP contribution < -0.4 is 10.4 Å². The van der Waals surface area contributed by atoms with Gasteiger partial charge in [-0.2, -0.15) is 0 Å². The minimum atomic E-state index is 0.922. The number of allylic oxidation sites excluding steroid dienone is 3. The smallest absolute Gasteiger partial charge is 0.00940 e. The van der Waals surface area contributed by atoms with E-state index in [1.165, 1.54) is 32.7 Å². The van der Waals surface area contributed by atoms with Crippen LogP contribution in [0.1, 0.15) is 12.5 Å². The van der Waals surface area contributed by atoms with Crippen LogP contribution >= 0.6 is 0 Å². The third-order valence-electron chi connectivity index (χ3n) is 4.44. The molecular formula is C26H24. The zero-order valence-corrected chi connectivity index (χ0v) is 15.2. The standard InChI is InChI=1S/C26H24/c1-3-11-24-17-7-8-19-26(24)21(2)12-9-13-22-14-10-18-25(20-22)23-15-5-4-6-16-23/h3-12,14-20H,1,13H2,2H3/b12-9-,24-11-,26-21+. The first-order valence-electron chi connectivity index (χ1n) is 8.97. The van der Waals surface area contributed by atoms with Crippen LogP contribution in [0.25, 0.3) is 22.8 Å². The van der Waals surface area contributed by atoms with Gasteiger partial charge < -0.3 is 0 Å². The predicted molar refractivity (Wildman–Crippen MR) is 114 cm³/mol. The molecular weight excluding hydrogens is 312 g/mol. The quantitative estimate of drug-likeness (QED) is 0.594. The number of benzene rings is 3. The lowest BCUT2D eigenvalue weighted by Gasteiger charge is -2.04. The highest BCUT2D eigenvalue weighted by molar-refractivity contribution is 5.64. The molecule has 26 heavy (non-hydrogen) atoms. The third-order valence-corrected chi connectivity index (χ3v) is 4.44. The Labute approximate surface area is 156 Å². The van der Waals surface area contributed by atoms with E-state index in [9.17, 15) is 0 Å². The molecule has 0 aliphatic carbocycles. The summed E-state index contributed by atoms with van der Waals surface area (Å²) < 4.78 is 0. The van der Waals surface area contributed by atoms with Gasteiger partial charge in [-0.3, -0.25) is 0 Å². The van der Waals surface area contributed by atoms with Crippen LogP contribution in [0.2, 0.25) is 0 Å². The van der Waals surface area contributed by atoms with Gasteiger partial charge >= 0.3 is 0 Å². The summed E-state index contributed by atoms with van der Waals surface area (Å²) in [5.41, 5.74) is 5.11. The van der Waals surface area contributed by atoms with Gasteiger partial charge in [-0.05, 0) is 46.0 Å². The summed E-state index contributed by atoms with van der Waals surface area (Å²) in [5.74, 6) is 0. The van der Waals surface area contributed by atoms with Crippen molar-refractivity contribution in [1.82, 2.24) is 0 Å². The van der Waals surface area contributed by atoms with Crippen molar-refractivity contribution in [2.75, 3.05) is 0 Å². The molecule has 0 fully saturated rings. The highest BCUT2D eigenvalue weighted by Crippen LogP contribution is 2.20. The maximum atomic E-state index is 3.81. The average Bonchev–Trinajstić information content (AvgIpc) is 2.69. The van der Waals surface area contributed by atoms with E-state index in [4.69, 9.17) is 0 Å². The van der Waals surface area contributed by atoms with Gasteiger partial charge in [0.05, 0.1) is 0 Å². The summed E-state index contributed by atoms with van der Waals surface area (Å²) in [7, 11) is 0. The second-order valence-electron chi connectivity index (χ2n) is 6.35. The Balaban J connectivity index is 1.83. The molecule has 0 spiro atoms. The van der Waals surface area contributed by atoms with Gasteiger partial charge in [-0.25, -0.2) is 0 Å². The van der Waals surface area contributed by atoms with E-state index >= 15 is 0 Å². The first kappa shape index (κ1) is 17.7. The van der Waals surface area contributed by atoms with Gasteiger partial charge in [-0.1, -0.05) is 110 Å². The van der Waals surface area contributed by atoms with Gasteiger partial charge in [0.1, 0.15) is 0 Å². The molecule has 128 valence electrons. The fourth-order valence-electron chi connectivity index (χ4n) is 3.10. The van der Waals surface area contributed by atoms with Crippen LogP contribution in [0.3, 0.4) is 0 Å². The van der Waals surface area contributed by atoms with Crippen molar-refractivity contribution in [2.24, 2.45) is 0 Å². The van der Waals surface area contributed by atoms with Crippen molar-refractivity contribution in [3.8, 4) is 11.1 Å². The minimum absolute atomic E-state index is 0.922. The van der Waals surface area contributed by atoms with E-state index in [2.05, 4.69) is 111 Å². The summed E-state index contributed by atoms with van der Waals surface area (Å²) in [5, 5.41) is 2.46. The Morgan fingerprint density at radius 1 is 0.846 bits per heavy atom. The zero-order valence-electron chi connectivity index (χ0n) is 15.2. The van der Waals surface area contributed by atoms with Crippen LogP contribution in [0.4, 0.5) is 0 Å². The topological polar surface area (TPSA) is 0 Å².